The van der Waals surface area contributed by atoms with Gasteiger partial charge in [-0.05, 0) is 49.8 Å². The van der Waals surface area contributed by atoms with Gasteiger partial charge in [0.2, 0.25) is 17.7 Å². The van der Waals surface area contributed by atoms with Crippen molar-refractivity contribution in [2.75, 3.05) is 26.7 Å². The average molecular weight is 542 g/mol. The zero-order valence-corrected chi connectivity index (χ0v) is 21.9. The lowest BCUT2D eigenvalue weighted by Gasteiger charge is -2.42. The van der Waals surface area contributed by atoms with Crippen LogP contribution < -0.4 is 10.1 Å². The van der Waals surface area contributed by atoms with Crippen molar-refractivity contribution in [3.05, 3.63) is 29.8 Å². The lowest BCUT2D eigenvalue weighted by molar-refractivity contribution is -0.192. The number of carbonyl (C=O) groups is 4. The van der Waals surface area contributed by atoms with Crippen molar-refractivity contribution in [1.82, 2.24) is 15.1 Å². The van der Waals surface area contributed by atoms with Gasteiger partial charge in [0, 0.05) is 25.7 Å². The van der Waals surface area contributed by atoms with Crippen LogP contribution in [-0.2, 0) is 19.2 Å². The second-order valence-electron chi connectivity index (χ2n) is 10.2. The summed E-state index contributed by atoms with van der Waals surface area (Å²) < 4.78 is 37.0. The summed E-state index contributed by atoms with van der Waals surface area (Å²) in [6, 6.07) is 7.17. The van der Waals surface area contributed by atoms with Crippen molar-refractivity contribution in [2.45, 2.75) is 57.8 Å². The van der Waals surface area contributed by atoms with Gasteiger partial charge in [0.25, 0.3) is 0 Å². The lowest BCUT2D eigenvalue weighted by Crippen LogP contribution is -2.63. The highest BCUT2D eigenvalue weighted by molar-refractivity contribution is 6.10. The molecule has 9 nitrogen and oxygen atoms in total. The molecular weight excluding hydrogens is 507 g/mol. The number of alkyl halides is 3. The molecule has 0 bridgehead atoms. The maximum absolute atomic E-state index is 13.8. The van der Waals surface area contributed by atoms with Gasteiger partial charge in [-0.1, -0.05) is 26.0 Å². The smallest absolute Gasteiger partial charge is 0.490 e. The molecule has 0 aromatic heterocycles. The van der Waals surface area contributed by atoms with Gasteiger partial charge in [-0.3, -0.25) is 24.6 Å². The second-order valence-corrected chi connectivity index (χ2v) is 10.2. The van der Waals surface area contributed by atoms with E-state index in [2.05, 4.69) is 19.2 Å². The molecule has 0 radical (unpaired) electrons. The Hall–Kier alpha value is -3.15. The molecule has 1 aromatic rings. The third-order valence-corrected chi connectivity index (χ3v) is 7.42. The maximum atomic E-state index is 13.8. The molecule has 2 N–H and O–H groups in total. The fourth-order valence-electron chi connectivity index (χ4n) is 5.56. The van der Waals surface area contributed by atoms with Crippen LogP contribution in [0.1, 0.15) is 51.6 Å². The first kappa shape index (κ1) is 29.4. The minimum atomic E-state index is -5.08. The van der Waals surface area contributed by atoms with E-state index in [-0.39, 0.29) is 23.8 Å². The molecule has 3 saturated heterocycles. The first-order chi connectivity index (χ1) is 17.8. The van der Waals surface area contributed by atoms with E-state index in [1.807, 2.05) is 36.1 Å². The third-order valence-electron chi connectivity index (χ3n) is 7.42. The number of nitrogens with one attached hydrogen (secondary N) is 1. The summed E-state index contributed by atoms with van der Waals surface area (Å²) in [5.74, 6) is -3.15. The zero-order valence-electron chi connectivity index (χ0n) is 21.9. The molecule has 3 heterocycles. The number of imide groups is 1. The largest absolute Gasteiger partial charge is 0.497 e. The first-order valence-electron chi connectivity index (χ1n) is 12.6. The number of rotatable bonds is 6. The monoisotopic (exact) mass is 541 g/mol. The Bertz CT molecular complexity index is 1060. The van der Waals surface area contributed by atoms with Gasteiger partial charge in [0.05, 0.1) is 18.9 Å². The highest BCUT2D eigenvalue weighted by atomic mass is 19.4. The minimum absolute atomic E-state index is 0.0236. The number of carbonyl (C=O) groups excluding carboxylic acids is 3. The number of benzene rings is 1. The number of hydrogen-bond acceptors (Lipinski definition) is 6. The second kappa shape index (κ2) is 11.3. The molecule has 3 amide bonds. The summed E-state index contributed by atoms with van der Waals surface area (Å²) in [6.45, 7) is 7.83. The van der Waals surface area contributed by atoms with Crippen molar-refractivity contribution in [3.63, 3.8) is 0 Å². The van der Waals surface area contributed by atoms with E-state index >= 15 is 0 Å². The fourth-order valence-corrected chi connectivity index (χ4v) is 5.56. The molecule has 4 rings (SSSR count). The van der Waals surface area contributed by atoms with E-state index < -0.39 is 29.5 Å². The number of carboxylic acids is 1. The molecular formula is C26H34F3N3O6. The topological polar surface area (TPSA) is 116 Å². The number of hydrogen-bond donors (Lipinski definition) is 2. The molecule has 1 aromatic carbocycles. The van der Waals surface area contributed by atoms with E-state index in [0.717, 1.165) is 24.2 Å². The van der Waals surface area contributed by atoms with Gasteiger partial charge in [0.15, 0.2) is 0 Å². The number of methoxy groups -OCH3 is 1. The predicted octanol–water partition coefficient (Wildman–Crippen LogP) is 3.00. The van der Waals surface area contributed by atoms with Gasteiger partial charge in [0.1, 0.15) is 11.3 Å². The van der Waals surface area contributed by atoms with Crippen LogP contribution in [0.15, 0.2) is 24.3 Å². The summed E-state index contributed by atoms with van der Waals surface area (Å²) >= 11 is 0. The van der Waals surface area contributed by atoms with Crippen LogP contribution in [0.5, 0.6) is 5.75 Å². The van der Waals surface area contributed by atoms with E-state index in [0.29, 0.717) is 32.0 Å². The average Bonchev–Trinajstić information content (AvgIpc) is 3.33. The summed E-state index contributed by atoms with van der Waals surface area (Å²) in [7, 11) is 1.61. The maximum Gasteiger partial charge on any atom is 0.490 e. The number of fused-ring (bicyclic) bond motifs is 2. The van der Waals surface area contributed by atoms with Crippen molar-refractivity contribution >= 4 is 23.7 Å². The summed E-state index contributed by atoms with van der Waals surface area (Å²) in [4.78, 5) is 52.6. The molecule has 0 unspecified atom stereocenters. The highest BCUT2D eigenvalue weighted by Gasteiger charge is 2.68. The fraction of sp³-hybridized carbons (Fsp3) is 0.615. The van der Waals surface area contributed by atoms with Crippen LogP contribution in [0, 0.1) is 17.8 Å². The Morgan fingerprint density at radius 1 is 1.18 bits per heavy atom. The Morgan fingerprint density at radius 3 is 2.29 bits per heavy atom. The number of amides is 3. The number of piperidine rings is 1. The quantitative estimate of drug-likeness (QED) is 0.532. The normalized spacial score (nSPS) is 27.1. The van der Waals surface area contributed by atoms with E-state index in [9.17, 15) is 27.6 Å². The van der Waals surface area contributed by atoms with Crippen LogP contribution in [0.3, 0.4) is 0 Å². The van der Waals surface area contributed by atoms with Gasteiger partial charge in [-0.25, -0.2) is 4.79 Å². The summed E-state index contributed by atoms with van der Waals surface area (Å²) in [6.07, 6.45) is -2.76. The minimum Gasteiger partial charge on any atom is -0.497 e. The standard InChI is InChI=1S/C24H33N3O4.C2HF3O2/c1-5-27-21(28)18-19(22(27)29)24(12-6-13-26(23(24)30)14-11-15(2)3)25-20(18)16-7-9-17(31-4)10-8-16;3-2(4,5)1(6)7/h7-10,15,18-20,25H,5-6,11-14H2,1-4H3;(H,6,7)/t18-,19-,20-,24-;/m1./s1. The molecule has 4 atom stereocenters. The molecule has 0 saturated carbocycles. The number of nitrogens with zero attached hydrogens (tertiary/aromatic N) is 2. The number of halogens is 3. The van der Waals surface area contributed by atoms with Gasteiger partial charge < -0.3 is 14.7 Å². The third kappa shape index (κ3) is 5.50. The molecule has 3 aliphatic rings. The molecule has 38 heavy (non-hydrogen) atoms. The van der Waals surface area contributed by atoms with Crippen molar-refractivity contribution in [2.24, 2.45) is 17.8 Å². The Labute approximate surface area is 219 Å². The van der Waals surface area contributed by atoms with Crippen molar-refractivity contribution < 1.29 is 42.2 Å². The van der Waals surface area contributed by atoms with Crippen molar-refractivity contribution in [1.29, 1.82) is 0 Å². The molecule has 0 aliphatic carbocycles. The summed E-state index contributed by atoms with van der Waals surface area (Å²) in [5.41, 5.74) is -0.111. The van der Waals surface area contributed by atoms with Gasteiger partial charge in [-0.15, -0.1) is 0 Å². The summed E-state index contributed by atoms with van der Waals surface area (Å²) in [5, 5.41) is 10.7. The molecule has 210 valence electrons. The van der Waals surface area contributed by atoms with Crippen LogP contribution in [-0.4, -0.2) is 77.1 Å². The van der Waals surface area contributed by atoms with E-state index in [1.165, 1.54) is 4.90 Å². The Morgan fingerprint density at radius 2 is 1.79 bits per heavy atom. The highest BCUT2D eigenvalue weighted by Crippen LogP contribution is 2.52. The predicted molar refractivity (Wildman–Crippen MR) is 130 cm³/mol. The van der Waals surface area contributed by atoms with Crippen LogP contribution in [0.4, 0.5) is 13.2 Å². The number of aliphatic carboxylic acids is 1. The van der Waals surface area contributed by atoms with E-state index in [1.54, 1.807) is 7.11 Å². The Balaban J connectivity index is 0.000000505. The Kier molecular flexibility index (Phi) is 8.75. The number of carboxylic acid groups (broad SMARTS) is 1. The number of likely N-dealkylation sites (tertiary alicyclic amines) is 2. The van der Waals surface area contributed by atoms with Gasteiger partial charge in [-0.2, -0.15) is 13.2 Å². The zero-order chi connectivity index (χ0) is 28.4. The van der Waals surface area contributed by atoms with E-state index in [4.69, 9.17) is 14.6 Å². The molecule has 12 heteroatoms. The van der Waals surface area contributed by atoms with Crippen LogP contribution in [0.2, 0.25) is 0 Å². The number of ether oxygens (including phenoxy) is 1. The van der Waals surface area contributed by atoms with Gasteiger partial charge >= 0.3 is 12.1 Å². The molecule has 3 fully saturated rings. The molecule has 1 spiro atoms. The molecule has 3 aliphatic heterocycles. The lowest BCUT2D eigenvalue weighted by atomic mass is 9.74. The van der Waals surface area contributed by atoms with Crippen LogP contribution >= 0.6 is 0 Å². The first-order valence-corrected chi connectivity index (χ1v) is 12.6. The SMILES string of the molecule is CCN1C(=O)[C@H]2[C@@H](c3ccc(OC)cc3)N[C@]3(CCCN(CCC(C)C)C3=O)[C@H]2C1=O.O=C(O)C(F)(F)F. The van der Waals surface area contributed by atoms with Crippen molar-refractivity contribution in [3.8, 4) is 5.75 Å². The van der Waals surface area contributed by atoms with Crippen LogP contribution in [0.25, 0.3) is 0 Å².